The normalized spacial score (nSPS) is 16.9. The van der Waals surface area contributed by atoms with Crippen molar-refractivity contribution >= 4 is 33.5 Å². The molecule has 2 rings (SSSR count). The Morgan fingerprint density at radius 3 is 2.63 bits per heavy atom. The fourth-order valence-electron chi connectivity index (χ4n) is 2.10. The number of hydrogen-bond acceptors (Lipinski definition) is 4. The van der Waals surface area contributed by atoms with E-state index in [1.165, 1.54) is 19.3 Å². The van der Waals surface area contributed by atoms with Crippen LogP contribution in [0.2, 0.25) is 0 Å². The van der Waals surface area contributed by atoms with E-state index in [-0.39, 0.29) is 5.78 Å². The third kappa shape index (κ3) is 4.31. The molecule has 0 heterocycles. The molecule has 1 fully saturated rings. The summed E-state index contributed by atoms with van der Waals surface area (Å²) >= 11 is 5.06. The van der Waals surface area contributed by atoms with Crippen LogP contribution in [0.1, 0.15) is 29.6 Å². The molecular weight excluding hydrogens is 324 g/mol. The molecule has 0 spiro atoms. The Labute approximate surface area is 126 Å². The van der Waals surface area contributed by atoms with Crippen molar-refractivity contribution in [3.8, 4) is 0 Å². The van der Waals surface area contributed by atoms with Crippen LogP contribution in [0.15, 0.2) is 28.7 Å². The molecule has 104 valence electrons. The molecule has 1 aliphatic rings. The highest BCUT2D eigenvalue weighted by atomic mass is 79.9. The van der Waals surface area contributed by atoms with Crippen LogP contribution in [0.5, 0.6) is 0 Å². The van der Waals surface area contributed by atoms with E-state index >= 15 is 0 Å². The first kappa shape index (κ1) is 15.0. The van der Waals surface area contributed by atoms with Crippen LogP contribution in [0.4, 0.5) is 0 Å². The Hall–Kier alpha value is -0.360. The van der Waals surface area contributed by atoms with E-state index in [1.54, 1.807) is 11.8 Å². The highest BCUT2D eigenvalue weighted by molar-refractivity contribution is 9.10. The second-order valence-corrected chi connectivity index (χ2v) is 6.81. The number of nitrogens with two attached hydrogens (primary N) is 1. The molecule has 1 aliphatic carbocycles. The number of halogens is 1. The summed E-state index contributed by atoms with van der Waals surface area (Å²) in [6.45, 7) is 0.473. The molecule has 0 saturated heterocycles. The maximum absolute atomic E-state index is 12.1. The van der Waals surface area contributed by atoms with Gasteiger partial charge in [-0.2, -0.15) is 0 Å². The smallest absolute Gasteiger partial charge is 0.172 e. The van der Waals surface area contributed by atoms with Crippen molar-refractivity contribution in [2.24, 2.45) is 11.7 Å². The maximum Gasteiger partial charge on any atom is 0.172 e. The van der Waals surface area contributed by atoms with Gasteiger partial charge in [0.1, 0.15) is 0 Å². The monoisotopic (exact) mass is 342 g/mol. The van der Waals surface area contributed by atoms with Gasteiger partial charge in [0.25, 0.3) is 0 Å². The Kier molecular flexibility index (Phi) is 5.88. The van der Waals surface area contributed by atoms with Gasteiger partial charge in [-0.25, -0.2) is 0 Å². The van der Waals surface area contributed by atoms with E-state index in [0.29, 0.717) is 23.7 Å². The molecular formula is C14H19BrN2OS. The zero-order chi connectivity index (χ0) is 13.7. The first-order valence-corrected chi connectivity index (χ1v) is 8.38. The fraction of sp³-hybridized carbons (Fsp3) is 0.500. The molecule has 19 heavy (non-hydrogen) atoms. The summed E-state index contributed by atoms with van der Waals surface area (Å²) < 4.78 is 0.994. The SMILES string of the molecule is NCNC(SCC(=O)c1ccc(Br)cc1)C1CCC1. The quantitative estimate of drug-likeness (QED) is 0.590. The molecule has 3 N–H and O–H groups in total. The summed E-state index contributed by atoms with van der Waals surface area (Å²) in [4.78, 5) is 12.1. The van der Waals surface area contributed by atoms with E-state index in [9.17, 15) is 4.79 Å². The van der Waals surface area contributed by atoms with Crippen molar-refractivity contribution in [1.29, 1.82) is 0 Å². The van der Waals surface area contributed by atoms with Crippen molar-refractivity contribution in [2.45, 2.75) is 24.6 Å². The average molecular weight is 343 g/mol. The molecule has 0 radical (unpaired) electrons. The van der Waals surface area contributed by atoms with Gasteiger partial charge in [-0.05, 0) is 30.9 Å². The molecule has 1 aromatic rings. The summed E-state index contributed by atoms with van der Waals surface area (Å²) in [5, 5.41) is 3.60. The Balaban J connectivity index is 1.85. The van der Waals surface area contributed by atoms with Gasteiger partial charge in [0, 0.05) is 16.7 Å². The molecule has 1 unspecified atom stereocenters. The third-order valence-corrected chi connectivity index (χ3v) is 5.33. The standard InChI is InChI=1S/C14H19BrN2OS/c15-12-6-4-10(5-7-12)13(18)8-19-14(17-9-16)11-2-1-3-11/h4-7,11,14,17H,1-3,8-9,16H2. The number of nitrogens with one attached hydrogen (secondary N) is 1. The summed E-state index contributed by atoms with van der Waals surface area (Å²) in [5.74, 6) is 1.36. The Morgan fingerprint density at radius 2 is 2.11 bits per heavy atom. The van der Waals surface area contributed by atoms with Crippen molar-refractivity contribution in [3.63, 3.8) is 0 Å². The summed E-state index contributed by atoms with van der Waals surface area (Å²) in [6, 6.07) is 7.53. The lowest BCUT2D eigenvalue weighted by atomic mass is 9.85. The first-order valence-electron chi connectivity index (χ1n) is 6.54. The van der Waals surface area contributed by atoms with E-state index < -0.39 is 0 Å². The van der Waals surface area contributed by atoms with E-state index in [4.69, 9.17) is 5.73 Å². The van der Waals surface area contributed by atoms with Gasteiger partial charge in [0.15, 0.2) is 5.78 Å². The van der Waals surface area contributed by atoms with Gasteiger partial charge in [-0.1, -0.05) is 34.5 Å². The number of carbonyl (C=O) groups is 1. The van der Waals surface area contributed by atoms with Crippen molar-refractivity contribution in [2.75, 3.05) is 12.4 Å². The Morgan fingerprint density at radius 1 is 1.42 bits per heavy atom. The van der Waals surface area contributed by atoms with Crippen LogP contribution in [0.3, 0.4) is 0 Å². The van der Waals surface area contributed by atoms with Crippen molar-refractivity contribution in [1.82, 2.24) is 5.32 Å². The second-order valence-electron chi connectivity index (χ2n) is 4.76. The number of benzene rings is 1. The van der Waals surface area contributed by atoms with Crippen molar-refractivity contribution < 1.29 is 4.79 Å². The minimum Gasteiger partial charge on any atom is -0.318 e. The van der Waals surface area contributed by atoms with Gasteiger partial charge < -0.3 is 5.73 Å². The Bertz CT molecular complexity index is 420. The van der Waals surface area contributed by atoms with Crippen LogP contribution in [0, 0.1) is 5.92 Å². The molecule has 0 bridgehead atoms. The fourth-order valence-corrected chi connectivity index (χ4v) is 3.63. The number of hydrogen-bond donors (Lipinski definition) is 2. The number of carbonyl (C=O) groups excluding carboxylic acids is 1. The number of rotatable bonds is 7. The van der Waals surface area contributed by atoms with Crippen LogP contribution in [0.25, 0.3) is 0 Å². The largest absolute Gasteiger partial charge is 0.318 e. The number of Topliss-reactive ketones (excluding diaryl/α,β-unsaturated/α-hetero) is 1. The zero-order valence-electron chi connectivity index (χ0n) is 10.8. The average Bonchev–Trinajstić information content (AvgIpc) is 2.34. The molecule has 0 aliphatic heterocycles. The van der Waals surface area contributed by atoms with E-state index in [0.717, 1.165) is 10.0 Å². The van der Waals surface area contributed by atoms with Gasteiger partial charge in [0.05, 0.1) is 11.1 Å². The predicted molar refractivity (Wildman–Crippen MR) is 84.2 cm³/mol. The lowest BCUT2D eigenvalue weighted by molar-refractivity contribution is 0.102. The highest BCUT2D eigenvalue weighted by Gasteiger charge is 2.27. The topological polar surface area (TPSA) is 55.1 Å². The lowest BCUT2D eigenvalue weighted by Gasteiger charge is -2.33. The molecule has 0 amide bonds. The minimum absolute atomic E-state index is 0.181. The molecule has 5 heteroatoms. The number of ketones is 1. The minimum atomic E-state index is 0.181. The highest BCUT2D eigenvalue weighted by Crippen LogP contribution is 2.34. The number of thioether (sulfide) groups is 1. The van der Waals surface area contributed by atoms with Crippen LogP contribution in [-0.4, -0.2) is 23.6 Å². The molecule has 1 aromatic carbocycles. The predicted octanol–water partition coefficient (Wildman–Crippen LogP) is 3.00. The molecule has 1 saturated carbocycles. The van der Waals surface area contributed by atoms with Gasteiger partial charge in [-0.15, -0.1) is 11.8 Å². The van der Waals surface area contributed by atoms with Gasteiger partial charge in [-0.3, -0.25) is 10.1 Å². The zero-order valence-corrected chi connectivity index (χ0v) is 13.2. The molecule has 0 aromatic heterocycles. The third-order valence-electron chi connectivity index (χ3n) is 3.46. The second kappa shape index (κ2) is 7.43. The maximum atomic E-state index is 12.1. The summed E-state index contributed by atoms with van der Waals surface area (Å²) in [7, 11) is 0. The molecule has 1 atom stereocenters. The summed E-state index contributed by atoms with van der Waals surface area (Å²) in [5.41, 5.74) is 6.34. The molecule has 3 nitrogen and oxygen atoms in total. The van der Waals surface area contributed by atoms with Gasteiger partial charge in [0.2, 0.25) is 0 Å². The van der Waals surface area contributed by atoms with Crippen LogP contribution < -0.4 is 11.1 Å². The van der Waals surface area contributed by atoms with E-state index in [2.05, 4.69) is 21.2 Å². The van der Waals surface area contributed by atoms with Crippen LogP contribution >= 0.6 is 27.7 Å². The van der Waals surface area contributed by atoms with E-state index in [1.807, 2.05) is 24.3 Å². The van der Waals surface area contributed by atoms with Crippen LogP contribution in [-0.2, 0) is 0 Å². The first-order chi connectivity index (χ1) is 9.20. The summed E-state index contributed by atoms with van der Waals surface area (Å²) in [6.07, 6.45) is 3.79. The van der Waals surface area contributed by atoms with Gasteiger partial charge >= 0.3 is 0 Å². The lowest BCUT2D eigenvalue weighted by Crippen LogP contribution is -2.40. The van der Waals surface area contributed by atoms with Crippen molar-refractivity contribution in [3.05, 3.63) is 34.3 Å².